The normalized spacial score (nSPS) is 15.2. The maximum atomic E-state index is 12.7. The highest BCUT2D eigenvalue weighted by molar-refractivity contribution is 7.14. The van der Waals surface area contributed by atoms with Crippen LogP contribution in [0.15, 0.2) is 60.4 Å². The number of aromatic nitrogens is 2. The van der Waals surface area contributed by atoms with Gasteiger partial charge in [-0.2, -0.15) is 0 Å². The van der Waals surface area contributed by atoms with E-state index in [1.165, 1.54) is 18.3 Å². The standard InChI is InChI=1S/C21H18N4O2S/c1-14(26)25-10-8-15-5-2-3-7-17(15)19(25)11-20(27)24-21-23-18(13-28-21)16-6-4-9-22-12-16/h2-10,12-13,19H,11H2,1H3,(H,23,24,27)/t19-/m0/s1. The summed E-state index contributed by atoms with van der Waals surface area (Å²) in [4.78, 5) is 34.9. The summed E-state index contributed by atoms with van der Waals surface area (Å²) in [6, 6.07) is 11.2. The third-order valence-electron chi connectivity index (χ3n) is 4.56. The zero-order chi connectivity index (χ0) is 19.5. The van der Waals surface area contributed by atoms with Crippen molar-refractivity contribution in [1.29, 1.82) is 0 Å². The number of hydrogen-bond acceptors (Lipinski definition) is 5. The molecule has 1 aromatic carbocycles. The maximum absolute atomic E-state index is 12.7. The van der Waals surface area contributed by atoms with E-state index in [2.05, 4.69) is 15.3 Å². The van der Waals surface area contributed by atoms with Crippen molar-refractivity contribution in [3.05, 3.63) is 71.5 Å². The minimum Gasteiger partial charge on any atom is -0.311 e. The highest BCUT2D eigenvalue weighted by Gasteiger charge is 2.28. The van der Waals surface area contributed by atoms with Gasteiger partial charge in [0.2, 0.25) is 11.8 Å². The molecule has 0 radical (unpaired) electrons. The van der Waals surface area contributed by atoms with Crippen LogP contribution in [-0.4, -0.2) is 26.7 Å². The fourth-order valence-corrected chi connectivity index (χ4v) is 3.97. The van der Waals surface area contributed by atoms with Crippen LogP contribution >= 0.6 is 11.3 Å². The smallest absolute Gasteiger partial charge is 0.228 e. The van der Waals surface area contributed by atoms with Crippen LogP contribution in [0, 0.1) is 0 Å². The largest absolute Gasteiger partial charge is 0.311 e. The molecule has 0 aliphatic carbocycles. The first-order valence-corrected chi connectivity index (χ1v) is 9.71. The Bertz CT molecular complexity index is 1050. The highest BCUT2D eigenvalue weighted by atomic mass is 32.1. The quantitative estimate of drug-likeness (QED) is 0.727. The van der Waals surface area contributed by atoms with Crippen molar-refractivity contribution >= 4 is 34.4 Å². The lowest BCUT2D eigenvalue weighted by Crippen LogP contribution is -2.33. The van der Waals surface area contributed by atoms with Gasteiger partial charge in [0, 0.05) is 36.5 Å². The van der Waals surface area contributed by atoms with Crippen molar-refractivity contribution in [2.24, 2.45) is 0 Å². The molecule has 2 aromatic heterocycles. The van der Waals surface area contributed by atoms with Crippen molar-refractivity contribution in [2.75, 3.05) is 5.32 Å². The topological polar surface area (TPSA) is 75.2 Å². The second kappa shape index (κ2) is 7.74. The van der Waals surface area contributed by atoms with E-state index in [4.69, 9.17) is 0 Å². The second-order valence-corrected chi connectivity index (χ2v) is 7.28. The average molecular weight is 390 g/mol. The molecule has 1 N–H and O–H groups in total. The zero-order valence-corrected chi connectivity index (χ0v) is 16.0. The molecule has 0 saturated heterocycles. The molecule has 0 spiro atoms. The van der Waals surface area contributed by atoms with E-state index in [1.54, 1.807) is 23.5 Å². The molecule has 1 aliphatic rings. The maximum Gasteiger partial charge on any atom is 0.228 e. The third-order valence-corrected chi connectivity index (χ3v) is 5.31. The first kappa shape index (κ1) is 18.1. The molecule has 6 nitrogen and oxygen atoms in total. The predicted molar refractivity (Wildman–Crippen MR) is 109 cm³/mol. The Balaban J connectivity index is 1.51. The van der Waals surface area contributed by atoms with Crippen molar-refractivity contribution in [1.82, 2.24) is 14.9 Å². The average Bonchev–Trinajstić information content (AvgIpc) is 3.17. The van der Waals surface area contributed by atoms with E-state index in [0.717, 1.165) is 22.4 Å². The number of amides is 2. The number of nitrogens with one attached hydrogen (secondary N) is 1. The molecule has 0 unspecified atom stereocenters. The summed E-state index contributed by atoms with van der Waals surface area (Å²) in [6.07, 6.45) is 7.23. The number of rotatable bonds is 4. The lowest BCUT2D eigenvalue weighted by Gasteiger charge is -2.32. The van der Waals surface area contributed by atoms with Gasteiger partial charge >= 0.3 is 0 Å². The molecule has 4 rings (SSSR count). The van der Waals surface area contributed by atoms with Gasteiger partial charge in [0.05, 0.1) is 18.2 Å². The molecule has 2 amide bonds. The van der Waals surface area contributed by atoms with Crippen LogP contribution in [0.1, 0.15) is 30.5 Å². The number of pyridine rings is 1. The molecular formula is C21H18N4O2S. The minimum atomic E-state index is -0.337. The van der Waals surface area contributed by atoms with Gasteiger partial charge in [-0.1, -0.05) is 24.3 Å². The molecule has 3 heterocycles. The fourth-order valence-electron chi connectivity index (χ4n) is 3.24. The molecule has 3 aromatic rings. The SMILES string of the molecule is CC(=O)N1C=Cc2ccccc2[C@@H]1CC(=O)Nc1nc(-c2cccnc2)cs1. The summed E-state index contributed by atoms with van der Waals surface area (Å²) in [5.74, 6) is -0.287. The summed E-state index contributed by atoms with van der Waals surface area (Å²) in [6.45, 7) is 1.50. The first-order chi connectivity index (χ1) is 13.6. The van der Waals surface area contributed by atoms with Gasteiger partial charge in [-0.3, -0.25) is 14.6 Å². The van der Waals surface area contributed by atoms with Gasteiger partial charge in [0.15, 0.2) is 5.13 Å². The second-order valence-electron chi connectivity index (χ2n) is 6.42. The molecule has 0 saturated carbocycles. The summed E-state index contributed by atoms with van der Waals surface area (Å²) in [7, 11) is 0. The van der Waals surface area contributed by atoms with Gasteiger partial charge in [-0.25, -0.2) is 4.98 Å². The van der Waals surface area contributed by atoms with Crippen molar-refractivity contribution in [2.45, 2.75) is 19.4 Å². The van der Waals surface area contributed by atoms with Gasteiger partial charge < -0.3 is 10.2 Å². The molecule has 140 valence electrons. The van der Waals surface area contributed by atoms with E-state index in [9.17, 15) is 9.59 Å². The Labute approximate surface area is 166 Å². The van der Waals surface area contributed by atoms with E-state index < -0.39 is 0 Å². The molecule has 1 atom stereocenters. The molecule has 28 heavy (non-hydrogen) atoms. The first-order valence-electron chi connectivity index (χ1n) is 8.83. The number of benzene rings is 1. The van der Waals surface area contributed by atoms with Gasteiger partial charge in [0.1, 0.15) is 0 Å². The minimum absolute atomic E-state index is 0.100. The van der Waals surface area contributed by atoms with Crippen LogP contribution in [0.4, 0.5) is 5.13 Å². The summed E-state index contributed by atoms with van der Waals surface area (Å²) >= 11 is 1.36. The Kier molecular flexibility index (Phi) is 4.99. The lowest BCUT2D eigenvalue weighted by molar-refractivity contribution is -0.129. The Hall–Kier alpha value is -3.32. The number of anilines is 1. The monoisotopic (exact) mass is 390 g/mol. The molecule has 0 fully saturated rings. The van der Waals surface area contributed by atoms with Crippen LogP contribution in [0.2, 0.25) is 0 Å². The van der Waals surface area contributed by atoms with E-state index in [0.29, 0.717) is 5.13 Å². The Morgan fingerprint density at radius 3 is 2.86 bits per heavy atom. The van der Waals surface area contributed by atoms with Crippen LogP contribution in [0.5, 0.6) is 0 Å². The summed E-state index contributed by atoms with van der Waals surface area (Å²) in [5, 5.41) is 5.26. The summed E-state index contributed by atoms with van der Waals surface area (Å²) < 4.78 is 0. The zero-order valence-electron chi connectivity index (χ0n) is 15.2. The van der Waals surface area contributed by atoms with Gasteiger partial charge in [-0.15, -0.1) is 11.3 Å². The fraction of sp³-hybridized carbons (Fsp3) is 0.143. The molecule has 7 heteroatoms. The number of fused-ring (bicyclic) bond motifs is 1. The van der Waals surface area contributed by atoms with Crippen LogP contribution < -0.4 is 5.32 Å². The van der Waals surface area contributed by atoms with Crippen LogP contribution in [-0.2, 0) is 9.59 Å². The number of nitrogens with zero attached hydrogens (tertiary/aromatic N) is 3. The third kappa shape index (κ3) is 3.70. The van der Waals surface area contributed by atoms with E-state index >= 15 is 0 Å². The van der Waals surface area contributed by atoms with Crippen LogP contribution in [0.25, 0.3) is 17.3 Å². The van der Waals surface area contributed by atoms with Crippen LogP contribution in [0.3, 0.4) is 0 Å². The molecule has 0 bridgehead atoms. The molecular weight excluding hydrogens is 372 g/mol. The molecule has 1 aliphatic heterocycles. The highest BCUT2D eigenvalue weighted by Crippen LogP contribution is 2.33. The Morgan fingerprint density at radius 2 is 2.07 bits per heavy atom. The summed E-state index contributed by atoms with van der Waals surface area (Å²) in [5.41, 5.74) is 3.65. The van der Waals surface area contributed by atoms with Gasteiger partial charge in [-0.05, 0) is 29.3 Å². The Morgan fingerprint density at radius 1 is 1.21 bits per heavy atom. The van der Waals surface area contributed by atoms with E-state index in [-0.39, 0.29) is 24.3 Å². The number of hydrogen-bond donors (Lipinski definition) is 1. The number of thiazole rings is 1. The van der Waals surface area contributed by atoms with Gasteiger partial charge in [0.25, 0.3) is 0 Å². The van der Waals surface area contributed by atoms with Crippen molar-refractivity contribution in [3.63, 3.8) is 0 Å². The predicted octanol–water partition coefficient (Wildman–Crippen LogP) is 4.11. The van der Waals surface area contributed by atoms with Crippen molar-refractivity contribution in [3.8, 4) is 11.3 Å². The van der Waals surface area contributed by atoms with E-state index in [1.807, 2.05) is 47.9 Å². The number of carbonyl (C=O) groups excluding carboxylic acids is 2. The number of carbonyl (C=O) groups is 2. The lowest BCUT2D eigenvalue weighted by atomic mass is 9.93. The van der Waals surface area contributed by atoms with Crippen molar-refractivity contribution < 1.29 is 9.59 Å².